The van der Waals surface area contributed by atoms with Crippen molar-refractivity contribution in [3.8, 4) is 0 Å². The average molecular weight is 200 g/mol. The van der Waals surface area contributed by atoms with E-state index in [-0.39, 0.29) is 0 Å². The van der Waals surface area contributed by atoms with E-state index in [1.54, 1.807) is 0 Å². The highest BCUT2D eigenvalue weighted by Gasteiger charge is 2.40. The van der Waals surface area contributed by atoms with Gasteiger partial charge in [-0.3, -0.25) is 0 Å². The van der Waals surface area contributed by atoms with Crippen LogP contribution in [0.15, 0.2) is 12.3 Å². The largest absolute Gasteiger partial charge is 0.416 e. The smallest absolute Gasteiger partial charge is 0.221 e. The topological polar surface area (TPSA) is 9.23 Å². The molecule has 0 radical (unpaired) electrons. The molecule has 0 aliphatic rings. The van der Waals surface area contributed by atoms with Gasteiger partial charge in [0.15, 0.2) is 0 Å². The van der Waals surface area contributed by atoms with Crippen molar-refractivity contribution in [1.29, 1.82) is 0 Å². The van der Waals surface area contributed by atoms with Gasteiger partial charge in [0.25, 0.3) is 0 Å². The van der Waals surface area contributed by atoms with Gasteiger partial charge in [-0.1, -0.05) is 46.2 Å². The second-order valence-electron chi connectivity index (χ2n) is 3.88. The number of hydrogen-bond acceptors (Lipinski definition) is 1. The maximum atomic E-state index is 5.81. The molecule has 0 saturated heterocycles. The van der Waals surface area contributed by atoms with Crippen molar-refractivity contribution in [1.82, 2.24) is 0 Å². The van der Waals surface area contributed by atoms with Crippen LogP contribution in [0.1, 0.15) is 40.5 Å². The molecule has 0 fully saturated rings. The molecular formula is C11H24OSi. The van der Waals surface area contributed by atoms with Gasteiger partial charge in [0.05, 0.1) is 0 Å². The lowest BCUT2D eigenvalue weighted by molar-refractivity contribution is 0.375. The Balaban J connectivity index is 4.78. The fourth-order valence-corrected chi connectivity index (χ4v) is 6.04. The van der Waals surface area contributed by atoms with Crippen LogP contribution in [-0.2, 0) is 4.43 Å². The van der Waals surface area contributed by atoms with Gasteiger partial charge in [0.1, 0.15) is 0 Å². The Morgan fingerprint density at radius 2 is 1.62 bits per heavy atom. The molecule has 0 bridgehead atoms. The summed E-state index contributed by atoms with van der Waals surface area (Å²) in [5.41, 5.74) is 3.46. The van der Waals surface area contributed by atoms with Gasteiger partial charge in [-0.25, -0.2) is 0 Å². The maximum Gasteiger partial charge on any atom is 0.221 e. The van der Waals surface area contributed by atoms with Gasteiger partial charge in [0, 0.05) is 7.11 Å². The zero-order valence-corrected chi connectivity index (χ0v) is 10.8. The van der Waals surface area contributed by atoms with Gasteiger partial charge in [-0.2, -0.15) is 0 Å². The zero-order chi connectivity index (χ0) is 10.5. The lowest BCUT2D eigenvalue weighted by Crippen LogP contribution is -2.43. The van der Waals surface area contributed by atoms with Crippen LogP contribution in [0, 0.1) is 0 Å². The summed E-state index contributed by atoms with van der Waals surface area (Å²) in [6, 6.07) is 0. The van der Waals surface area contributed by atoms with Crippen molar-refractivity contribution in [2.45, 2.75) is 51.6 Å². The molecule has 0 N–H and O–H groups in total. The van der Waals surface area contributed by atoms with E-state index in [4.69, 9.17) is 4.43 Å². The Bertz CT molecular complexity index is 146. The summed E-state index contributed by atoms with van der Waals surface area (Å²) in [5.74, 6) is 0. The van der Waals surface area contributed by atoms with Crippen LogP contribution in [0.2, 0.25) is 11.1 Å². The van der Waals surface area contributed by atoms with Crippen LogP contribution in [0.4, 0.5) is 0 Å². The fraction of sp³-hybridized carbons (Fsp3) is 0.818. The molecule has 0 aliphatic heterocycles. The SMILES string of the molecule is C=C[Si](OC)(C(C)CC)C(C)CC. The molecule has 2 unspecified atom stereocenters. The van der Waals surface area contributed by atoms with E-state index in [9.17, 15) is 0 Å². The van der Waals surface area contributed by atoms with Crippen molar-refractivity contribution >= 4 is 8.32 Å². The fourth-order valence-electron chi connectivity index (χ4n) is 2.01. The summed E-state index contributed by atoms with van der Waals surface area (Å²) in [4.78, 5) is 0. The Hall–Kier alpha value is -0.0831. The van der Waals surface area contributed by atoms with E-state index < -0.39 is 8.32 Å². The lowest BCUT2D eigenvalue weighted by Gasteiger charge is -2.36. The lowest BCUT2D eigenvalue weighted by atomic mass is 10.3. The van der Waals surface area contributed by atoms with E-state index in [1.165, 1.54) is 12.8 Å². The van der Waals surface area contributed by atoms with E-state index in [0.29, 0.717) is 11.1 Å². The molecule has 0 rings (SSSR count). The van der Waals surface area contributed by atoms with Crippen LogP contribution in [0.5, 0.6) is 0 Å². The summed E-state index contributed by atoms with van der Waals surface area (Å²) in [7, 11) is 0.167. The Morgan fingerprint density at radius 1 is 1.23 bits per heavy atom. The molecule has 0 aromatic rings. The Kier molecular flexibility index (Phi) is 5.57. The van der Waals surface area contributed by atoms with E-state index in [0.717, 1.165) is 0 Å². The van der Waals surface area contributed by atoms with Crippen molar-refractivity contribution in [3.05, 3.63) is 12.3 Å². The summed E-state index contributed by atoms with van der Waals surface area (Å²) in [6.07, 6.45) is 2.38. The van der Waals surface area contributed by atoms with Crippen molar-refractivity contribution < 1.29 is 4.43 Å². The first-order valence-electron chi connectivity index (χ1n) is 5.27. The molecule has 2 atom stereocenters. The molecule has 0 saturated carbocycles. The Labute approximate surface area is 84.3 Å². The number of rotatable bonds is 6. The Morgan fingerprint density at radius 3 is 1.77 bits per heavy atom. The first kappa shape index (κ1) is 12.9. The van der Waals surface area contributed by atoms with Crippen LogP contribution < -0.4 is 0 Å². The molecule has 0 aromatic heterocycles. The third-order valence-corrected chi connectivity index (χ3v) is 8.68. The molecular weight excluding hydrogens is 176 g/mol. The third-order valence-electron chi connectivity index (χ3n) is 3.44. The standard InChI is InChI=1S/C11H24OSi/c1-7-10(4)13(9-3,12-6)11(5)8-2/h9-11H,3,7-8H2,1-2,4-6H3. The highest BCUT2D eigenvalue weighted by Crippen LogP contribution is 2.37. The summed E-state index contributed by atoms with van der Waals surface area (Å²) >= 11 is 0. The minimum atomic E-state index is -1.69. The molecule has 1 nitrogen and oxygen atoms in total. The van der Waals surface area contributed by atoms with Crippen molar-refractivity contribution in [2.24, 2.45) is 0 Å². The van der Waals surface area contributed by atoms with Gasteiger partial charge in [-0.15, -0.1) is 6.58 Å². The predicted molar refractivity (Wildman–Crippen MR) is 62.4 cm³/mol. The quantitative estimate of drug-likeness (QED) is 0.591. The summed E-state index contributed by atoms with van der Waals surface area (Å²) in [6.45, 7) is 13.0. The average Bonchev–Trinajstić information content (AvgIpc) is 2.19. The van der Waals surface area contributed by atoms with E-state index in [1.807, 2.05) is 7.11 Å². The van der Waals surface area contributed by atoms with Crippen LogP contribution in [0.3, 0.4) is 0 Å². The second-order valence-corrected chi connectivity index (χ2v) is 8.38. The minimum Gasteiger partial charge on any atom is -0.416 e. The molecule has 0 amide bonds. The van der Waals surface area contributed by atoms with Crippen LogP contribution in [0.25, 0.3) is 0 Å². The van der Waals surface area contributed by atoms with Crippen LogP contribution in [-0.4, -0.2) is 15.4 Å². The third kappa shape index (κ3) is 2.44. The van der Waals surface area contributed by atoms with Gasteiger partial charge < -0.3 is 4.43 Å². The first-order valence-corrected chi connectivity index (χ1v) is 7.41. The van der Waals surface area contributed by atoms with Gasteiger partial charge >= 0.3 is 0 Å². The van der Waals surface area contributed by atoms with Gasteiger partial charge in [-0.05, 0) is 11.1 Å². The molecule has 78 valence electrons. The number of hydrogen-bond donors (Lipinski definition) is 0. The predicted octanol–water partition coefficient (Wildman–Crippen LogP) is 3.90. The molecule has 2 heteroatoms. The minimum absolute atomic E-state index is 0.671. The molecule has 0 spiro atoms. The monoisotopic (exact) mass is 200 g/mol. The maximum absolute atomic E-state index is 5.81. The summed E-state index contributed by atoms with van der Waals surface area (Å²) < 4.78 is 5.81. The van der Waals surface area contributed by atoms with Crippen LogP contribution >= 0.6 is 0 Å². The highest BCUT2D eigenvalue weighted by atomic mass is 28.4. The normalized spacial score (nSPS) is 20.4. The molecule has 0 aromatic carbocycles. The van der Waals surface area contributed by atoms with Crippen molar-refractivity contribution in [3.63, 3.8) is 0 Å². The highest BCUT2D eigenvalue weighted by molar-refractivity contribution is 6.81. The van der Waals surface area contributed by atoms with Crippen molar-refractivity contribution in [2.75, 3.05) is 7.11 Å². The van der Waals surface area contributed by atoms with E-state index >= 15 is 0 Å². The molecule has 0 heterocycles. The first-order chi connectivity index (χ1) is 6.08. The molecule has 13 heavy (non-hydrogen) atoms. The molecule has 0 aliphatic carbocycles. The zero-order valence-electron chi connectivity index (χ0n) is 9.76. The van der Waals surface area contributed by atoms with Gasteiger partial charge in [0.2, 0.25) is 8.32 Å². The van der Waals surface area contributed by atoms with E-state index in [2.05, 4.69) is 40.0 Å². The second kappa shape index (κ2) is 5.61. The summed E-state index contributed by atoms with van der Waals surface area (Å²) in [5, 5.41) is 0.